The summed E-state index contributed by atoms with van der Waals surface area (Å²) in [6.07, 6.45) is 2.76. The minimum absolute atomic E-state index is 0.425. The van der Waals surface area contributed by atoms with Crippen molar-refractivity contribution in [1.29, 1.82) is 0 Å². The predicted octanol–water partition coefficient (Wildman–Crippen LogP) is 1.92. The summed E-state index contributed by atoms with van der Waals surface area (Å²) in [4.78, 5) is 33.1. The quantitative estimate of drug-likeness (QED) is 0.894. The maximum atomic E-state index is 12.8. The van der Waals surface area contributed by atoms with Crippen LogP contribution in [0.5, 0.6) is 0 Å². The zero-order valence-corrected chi connectivity index (χ0v) is 15.4. The number of carbonyl (C=O) groups is 2. The Morgan fingerprint density at radius 2 is 1.89 bits per heavy atom. The Labute approximate surface area is 163 Å². The standard InChI is InChI=1S/C22H20N4O2/c23-22(28)18-11-15-10-16(25-8-4-5-9-25)12-17-20(14-6-2-1-3-7-14)24-13-19(27)26(18)21(15)17/h1-3,6-7,10,12,18H,4-5,8-9,11H2,(H2,23,28)/t18-/m0/s1. The largest absolute Gasteiger partial charge is 0.372 e. The number of aliphatic imine (C=N–C) groups is 1. The number of benzene rings is 2. The van der Waals surface area contributed by atoms with Crippen LogP contribution in [0.3, 0.4) is 0 Å². The lowest BCUT2D eigenvalue weighted by atomic mass is 9.96. The number of primary amides is 1. The summed E-state index contributed by atoms with van der Waals surface area (Å²) in [7, 11) is 0. The molecule has 0 aliphatic carbocycles. The second kappa shape index (κ2) is 6.48. The van der Waals surface area contributed by atoms with E-state index in [0.717, 1.165) is 41.2 Å². The summed E-state index contributed by atoms with van der Waals surface area (Å²) in [5.74, 6) is -0.938. The molecule has 0 bridgehead atoms. The molecule has 2 N–H and O–H groups in total. The molecule has 2 aromatic rings. The van der Waals surface area contributed by atoms with Crippen LogP contribution in [-0.4, -0.2) is 36.7 Å². The summed E-state index contributed by atoms with van der Waals surface area (Å²) in [6.45, 7) is 4.62. The molecule has 3 heterocycles. The van der Waals surface area contributed by atoms with E-state index >= 15 is 0 Å². The van der Waals surface area contributed by atoms with E-state index in [1.807, 2.05) is 30.3 Å². The number of amides is 2. The summed E-state index contributed by atoms with van der Waals surface area (Å²) >= 11 is 0. The molecule has 6 heteroatoms. The minimum atomic E-state index is -0.701. The summed E-state index contributed by atoms with van der Waals surface area (Å²) < 4.78 is 0. The number of anilines is 2. The molecule has 5 rings (SSSR count). The molecule has 0 spiro atoms. The van der Waals surface area contributed by atoms with E-state index in [9.17, 15) is 9.59 Å². The molecule has 0 saturated carbocycles. The van der Waals surface area contributed by atoms with Crippen molar-refractivity contribution in [3.8, 4) is 0 Å². The molecule has 1 atom stereocenters. The fraction of sp³-hybridized carbons (Fsp3) is 0.273. The highest BCUT2D eigenvalue weighted by Crippen LogP contribution is 2.42. The minimum Gasteiger partial charge on any atom is -0.372 e. The van der Waals surface area contributed by atoms with Gasteiger partial charge in [-0.2, -0.15) is 0 Å². The van der Waals surface area contributed by atoms with Crippen LogP contribution >= 0.6 is 0 Å². The maximum absolute atomic E-state index is 12.8. The van der Waals surface area contributed by atoms with Gasteiger partial charge < -0.3 is 10.6 Å². The average Bonchev–Trinajstić information content (AvgIpc) is 3.33. The van der Waals surface area contributed by atoms with E-state index in [4.69, 9.17) is 5.73 Å². The third-order valence-electron chi connectivity index (χ3n) is 5.72. The van der Waals surface area contributed by atoms with Crippen LogP contribution in [0, 0.1) is 6.54 Å². The third kappa shape index (κ3) is 2.59. The Morgan fingerprint density at radius 3 is 2.61 bits per heavy atom. The molecule has 2 radical (unpaired) electrons. The van der Waals surface area contributed by atoms with Gasteiger partial charge >= 0.3 is 0 Å². The SMILES string of the molecule is NC(=O)[C@@H]1Cc2cc(N3CCCC3)cc3c2N1C(=O)[C]N=C3c1ccccc1. The highest BCUT2D eigenvalue weighted by Gasteiger charge is 2.42. The predicted molar refractivity (Wildman–Crippen MR) is 107 cm³/mol. The highest BCUT2D eigenvalue weighted by atomic mass is 16.2. The number of carbonyl (C=O) groups excluding carboxylic acids is 2. The van der Waals surface area contributed by atoms with Crippen LogP contribution in [0.2, 0.25) is 0 Å². The van der Waals surface area contributed by atoms with Gasteiger partial charge in [-0.25, -0.2) is 0 Å². The fourth-order valence-electron chi connectivity index (χ4n) is 4.42. The second-order valence-corrected chi connectivity index (χ2v) is 7.43. The lowest BCUT2D eigenvalue weighted by molar-refractivity contribution is -0.122. The van der Waals surface area contributed by atoms with E-state index < -0.39 is 17.9 Å². The first-order valence-electron chi connectivity index (χ1n) is 9.57. The number of hydrogen-bond donors (Lipinski definition) is 1. The van der Waals surface area contributed by atoms with Crippen molar-refractivity contribution >= 4 is 28.9 Å². The summed E-state index contributed by atoms with van der Waals surface area (Å²) in [5, 5.41) is 0. The van der Waals surface area contributed by atoms with Crippen molar-refractivity contribution in [2.24, 2.45) is 10.7 Å². The number of nitrogens with zero attached hydrogens (tertiary/aromatic N) is 3. The fourth-order valence-corrected chi connectivity index (χ4v) is 4.42. The first-order chi connectivity index (χ1) is 13.6. The van der Waals surface area contributed by atoms with Crippen LogP contribution in [-0.2, 0) is 16.0 Å². The molecular weight excluding hydrogens is 352 g/mol. The van der Waals surface area contributed by atoms with Crippen molar-refractivity contribution < 1.29 is 9.59 Å². The van der Waals surface area contributed by atoms with E-state index in [0.29, 0.717) is 12.1 Å². The molecule has 140 valence electrons. The van der Waals surface area contributed by atoms with Gasteiger partial charge in [0.1, 0.15) is 6.04 Å². The average molecular weight is 372 g/mol. The van der Waals surface area contributed by atoms with Gasteiger partial charge in [-0.1, -0.05) is 30.3 Å². The Morgan fingerprint density at radius 1 is 1.14 bits per heavy atom. The van der Waals surface area contributed by atoms with E-state index in [2.05, 4.69) is 28.6 Å². The smallest absolute Gasteiger partial charge is 0.262 e. The van der Waals surface area contributed by atoms with Gasteiger partial charge in [-0.15, -0.1) is 0 Å². The number of hydrogen-bond acceptors (Lipinski definition) is 4. The third-order valence-corrected chi connectivity index (χ3v) is 5.72. The molecule has 1 fully saturated rings. The van der Waals surface area contributed by atoms with Crippen LogP contribution in [0.4, 0.5) is 11.4 Å². The Balaban J connectivity index is 1.73. The lowest BCUT2D eigenvalue weighted by Gasteiger charge is -2.24. The maximum Gasteiger partial charge on any atom is 0.262 e. The number of nitrogens with two attached hydrogens (primary N) is 1. The second-order valence-electron chi connectivity index (χ2n) is 7.43. The van der Waals surface area contributed by atoms with Crippen molar-refractivity contribution in [3.63, 3.8) is 0 Å². The van der Waals surface area contributed by atoms with Crippen molar-refractivity contribution in [1.82, 2.24) is 0 Å². The van der Waals surface area contributed by atoms with Gasteiger partial charge in [0.25, 0.3) is 5.91 Å². The first kappa shape index (κ1) is 17.0. The van der Waals surface area contributed by atoms with Gasteiger partial charge in [-0.3, -0.25) is 19.5 Å². The Kier molecular flexibility index (Phi) is 3.93. The molecule has 3 aliphatic heterocycles. The molecule has 1 saturated heterocycles. The van der Waals surface area contributed by atoms with Gasteiger partial charge in [-0.05, 0) is 30.5 Å². The van der Waals surface area contributed by atoms with E-state index in [1.54, 1.807) is 0 Å². The summed E-state index contributed by atoms with van der Waals surface area (Å²) in [5.41, 5.74) is 10.9. The van der Waals surface area contributed by atoms with Crippen molar-refractivity contribution in [2.45, 2.75) is 25.3 Å². The van der Waals surface area contributed by atoms with Gasteiger partial charge in [0, 0.05) is 36.3 Å². The van der Waals surface area contributed by atoms with Gasteiger partial charge in [0.2, 0.25) is 12.5 Å². The number of rotatable bonds is 3. The van der Waals surface area contributed by atoms with Crippen LogP contribution in [0.25, 0.3) is 0 Å². The molecule has 0 aromatic heterocycles. The molecule has 6 nitrogen and oxygen atoms in total. The van der Waals surface area contributed by atoms with Crippen LogP contribution in [0.1, 0.15) is 29.5 Å². The summed E-state index contributed by atoms with van der Waals surface area (Å²) in [6, 6.07) is 13.3. The zero-order chi connectivity index (χ0) is 19.3. The van der Waals surface area contributed by atoms with Gasteiger partial charge in [0.15, 0.2) is 0 Å². The topological polar surface area (TPSA) is 79.0 Å². The lowest BCUT2D eigenvalue weighted by Crippen LogP contribution is -2.46. The molecule has 0 unspecified atom stereocenters. The highest BCUT2D eigenvalue weighted by molar-refractivity contribution is 6.23. The Bertz CT molecular complexity index is 993. The molecule has 2 amide bonds. The Hall–Kier alpha value is -3.15. The van der Waals surface area contributed by atoms with Crippen molar-refractivity contribution in [3.05, 3.63) is 65.7 Å². The van der Waals surface area contributed by atoms with Crippen LogP contribution < -0.4 is 15.5 Å². The van der Waals surface area contributed by atoms with E-state index in [-0.39, 0.29) is 0 Å². The van der Waals surface area contributed by atoms with E-state index in [1.165, 1.54) is 17.7 Å². The molecule has 3 aliphatic rings. The first-order valence-corrected chi connectivity index (χ1v) is 9.57. The van der Waals surface area contributed by atoms with Crippen molar-refractivity contribution in [2.75, 3.05) is 22.9 Å². The zero-order valence-electron chi connectivity index (χ0n) is 15.4. The molecular formula is C22H20N4O2. The monoisotopic (exact) mass is 372 g/mol. The van der Waals surface area contributed by atoms with Gasteiger partial charge in [0.05, 0.1) is 11.4 Å². The van der Waals surface area contributed by atoms with Crippen LogP contribution in [0.15, 0.2) is 47.5 Å². The molecule has 28 heavy (non-hydrogen) atoms. The normalized spacial score (nSPS) is 20.8. The molecule has 2 aromatic carbocycles.